The van der Waals surface area contributed by atoms with Gasteiger partial charge in [-0.1, -0.05) is 78.9 Å². The van der Waals surface area contributed by atoms with Gasteiger partial charge in [0, 0.05) is 38.6 Å². The van der Waals surface area contributed by atoms with E-state index in [1.165, 1.54) is 16.7 Å². The maximum absolute atomic E-state index is 13.4. The maximum Gasteiger partial charge on any atom is 0.407 e. The molecule has 1 aliphatic carbocycles. The van der Waals surface area contributed by atoms with E-state index in [4.69, 9.17) is 4.74 Å². The molecule has 0 radical (unpaired) electrons. The van der Waals surface area contributed by atoms with Gasteiger partial charge in [0.15, 0.2) is 0 Å². The number of carboxylic acid groups (broad SMARTS) is 1. The van der Waals surface area contributed by atoms with E-state index in [0.29, 0.717) is 25.8 Å². The Kier molecular flexibility index (Phi) is 7.98. The van der Waals surface area contributed by atoms with Crippen LogP contribution < -0.4 is 5.32 Å². The highest BCUT2D eigenvalue weighted by Gasteiger charge is 2.41. The van der Waals surface area contributed by atoms with Crippen LogP contribution in [-0.4, -0.2) is 71.2 Å². The lowest BCUT2D eigenvalue weighted by molar-refractivity contribution is -0.141. The summed E-state index contributed by atoms with van der Waals surface area (Å²) in [5.74, 6) is -1.57. The minimum Gasteiger partial charge on any atom is -0.481 e. The summed E-state index contributed by atoms with van der Waals surface area (Å²) in [5, 5.41) is 12.5. The van der Waals surface area contributed by atoms with Crippen LogP contribution in [0.3, 0.4) is 0 Å². The van der Waals surface area contributed by atoms with Crippen LogP contribution in [0, 0.1) is 5.92 Å². The number of benzene rings is 3. The molecule has 6 rings (SSSR count). The van der Waals surface area contributed by atoms with Crippen LogP contribution >= 0.6 is 0 Å². The Hall–Kier alpha value is -4.17. The Morgan fingerprint density at radius 2 is 1.48 bits per heavy atom. The van der Waals surface area contributed by atoms with Crippen LogP contribution in [0.5, 0.6) is 0 Å². The highest BCUT2D eigenvalue weighted by molar-refractivity contribution is 5.81. The second-order valence-corrected chi connectivity index (χ2v) is 11.8. The Morgan fingerprint density at radius 1 is 0.857 bits per heavy atom. The number of carbonyl (C=O) groups is 3. The fraction of sp³-hybridized carbons (Fsp3) is 0.382. The number of likely N-dealkylation sites (tertiary alicyclic amines) is 2. The number of ether oxygens (including phenoxy) is 1. The predicted molar refractivity (Wildman–Crippen MR) is 159 cm³/mol. The molecule has 3 aromatic carbocycles. The zero-order valence-electron chi connectivity index (χ0n) is 23.7. The summed E-state index contributed by atoms with van der Waals surface area (Å²) in [6.07, 6.45) is 1.27. The molecule has 3 aromatic rings. The molecule has 2 saturated heterocycles. The van der Waals surface area contributed by atoms with Gasteiger partial charge in [0.2, 0.25) is 5.91 Å². The first kappa shape index (κ1) is 28.0. The molecule has 2 N–H and O–H groups in total. The molecule has 42 heavy (non-hydrogen) atoms. The van der Waals surface area contributed by atoms with Crippen LogP contribution in [-0.2, 0) is 20.9 Å². The van der Waals surface area contributed by atoms with Crippen LogP contribution in [0.4, 0.5) is 4.79 Å². The van der Waals surface area contributed by atoms with Crippen molar-refractivity contribution in [2.45, 2.75) is 43.7 Å². The molecule has 0 aromatic heterocycles. The first-order valence-corrected chi connectivity index (χ1v) is 14.8. The predicted octanol–water partition coefficient (Wildman–Crippen LogP) is 4.88. The largest absolute Gasteiger partial charge is 0.481 e. The summed E-state index contributed by atoms with van der Waals surface area (Å²) in [6, 6.07) is 26.7. The van der Waals surface area contributed by atoms with E-state index in [0.717, 1.165) is 30.8 Å². The lowest BCUT2D eigenvalue weighted by Gasteiger charge is -2.42. The van der Waals surface area contributed by atoms with Gasteiger partial charge in [0.1, 0.15) is 6.61 Å². The van der Waals surface area contributed by atoms with Gasteiger partial charge in [-0.15, -0.1) is 0 Å². The first-order valence-electron chi connectivity index (χ1n) is 14.8. The topological polar surface area (TPSA) is 99.2 Å². The van der Waals surface area contributed by atoms with Crippen LogP contribution in [0.15, 0.2) is 78.9 Å². The van der Waals surface area contributed by atoms with E-state index in [1.807, 2.05) is 42.5 Å². The zero-order chi connectivity index (χ0) is 29.1. The maximum atomic E-state index is 13.4. The number of hydrogen-bond donors (Lipinski definition) is 2. The first-order chi connectivity index (χ1) is 20.4. The minimum absolute atomic E-state index is 0.0500. The molecule has 218 valence electrons. The lowest BCUT2D eigenvalue weighted by atomic mass is 9.83. The van der Waals surface area contributed by atoms with E-state index in [-0.39, 0.29) is 31.4 Å². The van der Waals surface area contributed by atoms with Gasteiger partial charge in [-0.2, -0.15) is 0 Å². The van der Waals surface area contributed by atoms with Gasteiger partial charge in [-0.05, 0) is 47.1 Å². The van der Waals surface area contributed by atoms with Crippen LogP contribution in [0.1, 0.15) is 48.3 Å². The molecule has 1 atom stereocenters. The Bertz CT molecular complexity index is 1400. The fourth-order valence-electron chi connectivity index (χ4n) is 6.77. The quantitative estimate of drug-likeness (QED) is 0.403. The molecule has 0 spiro atoms. The number of aliphatic carboxylic acids is 1. The molecule has 8 nitrogen and oxygen atoms in total. The Morgan fingerprint density at radius 3 is 2.10 bits per heavy atom. The molecular weight excluding hydrogens is 530 g/mol. The monoisotopic (exact) mass is 567 g/mol. The number of hydrogen-bond acceptors (Lipinski definition) is 5. The number of nitrogens with one attached hydrogen (secondary N) is 1. The van der Waals surface area contributed by atoms with E-state index in [9.17, 15) is 19.5 Å². The third kappa shape index (κ3) is 5.90. The number of carboxylic acids is 1. The summed E-state index contributed by atoms with van der Waals surface area (Å²) in [5.41, 5.74) is 5.09. The van der Waals surface area contributed by atoms with E-state index >= 15 is 0 Å². The summed E-state index contributed by atoms with van der Waals surface area (Å²) >= 11 is 0. The molecule has 0 bridgehead atoms. The number of fused-ring (bicyclic) bond motifs is 3. The number of rotatable bonds is 8. The number of carbonyl (C=O) groups excluding carboxylic acids is 2. The molecule has 2 fully saturated rings. The van der Waals surface area contributed by atoms with Crippen molar-refractivity contribution >= 4 is 18.0 Å². The summed E-state index contributed by atoms with van der Waals surface area (Å²) in [7, 11) is 0. The van der Waals surface area contributed by atoms with Crippen molar-refractivity contribution in [3.63, 3.8) is 0 Å². The van der Waals surface area contributed by atoms with Crippen molar-refractivity contribution in [3.8, 4) is 11.1 Å². The SMILES string of the molecule is O=C(NC1(CC(=O)N2CCC(C(=O)O)C2)CCN(Cc2ccccc2)CC1)OCC1c2ccccc2-c2ccccc21. The molecule has 1 unspecified atom stereocenters. The Labute approximate surface area is 246 Å². The summed E-state index contributed by atoms with van der Waals surface area (Å²) in [6.45, 7) is 3.11. The molecule has 2 aliphatic heterocycles. The van der Waals surface area contributed by atoms with Crippen LogP contribution in [0.2, 0.25) is 0 Å². The van der Waals surface area contributed by atoms with E-state index < -0.39 is 23.5 Å². The van der Waals surface area contributed by atoms with E-state index in [2.05, 4.69) is 46.6 Å². The van der Waals surface area contributed by atoms with Crippen molar-refractivity contribution in [2.75, 3.05) is 32.8 Å². The van der Waals surface area contributed by atoms with Crippen molar-refractivity contribution in [3.05, 3.63) is 95.6 Å². The van der Waals surface area contributed by atoms with Gasteiger partial charge < -0.3 is 20.1 Å². The van der Waals surface area contributed by atoms with Gasteiger partial charge in [0.25, 0.3) is 0 Å². The third-order valence-electron chi connectivity index (χ3n) is 9.15. The highest BCUT2D eigenvalue weighted by atomic mass is 16.5. The van der Waals surface area contributed by atoms with Crippen molar-refractivity contribution in [1.29, 1.82) is 0 Å². The number of amides is 2. The molecule has 0 saturated carbocycles. The van der Waals surface area contributed by atoms with Gasteiger partial charge in [0.05, 0.1) is 17.9 Å². The molecule has 2 amide bonds. The average Bonchev–Trinajstić information content (AvgIpc) is 3.62. The number of nitrogens with zero attached hydrogens (tertiary/aromatic N) is 2. The van der Waals surface area contributed by atoms with Crippen molar-refractivity contribution < 1.29 is 24.2 Å². The normalized spacial score (nSPS) is 19.6. The average molecular weight is 568 g/mol. The number of alkyl carbamates (subject to hydrolysis) is 1. The smallest absolute Gasteiger partial charge is 0.407 e. The molecule has 3 aliphatic rings. The minimum atomic E-state index is -0.869. The van der Waals surface area contributed by atoms with Crippen LogP contribution in [0.25, 0.3) is 11.1 Å². The highest BCUT2D eigenvalue weighted by Crippen LogP contribution is 2.44. The lowest BCUT2D eigenvalue weighted by Crippen LogP contribution is -2.57. The number of piperidine rings is 1. The molecule has 8 heteroatoms. The second kappa shape index (κ2) is 12.0. The van der Waals surface area contributed by atoms with Gasteiger partial charge in [-0.3, -0.25) is 14.5 Å². The summed E-state index contributed by atoms with van der Waals surface area (Å²) in [4.78, 5) is 42.2. The van der Waals surface area contributed by atoms with E-state index in [1.54, 1.807) is 4.90 Å². The Balaban J connectivity index is 1.14. The van der Waals surface area contributed by atoms with Gasteiger partial charge in [-0.25, -0.2) is 4.79 Å². The van der Waals surface area contributed by atoms with Gasteiger partial charge >= 0.3 is 12.1 Å². The third-order valence-corrected chi connectivity index (χ3v) is 9.15. The molecule has 2 heterocycles. The summed E-state index contributed by atoms with van der Waals surface area (Å²) < 4.78 is 5.88. The standard InChI is InChI=1S/C34H37N3O5/c38-31(37-17-14-25(22-37)32(39)40)20-34(15-18-36(19-16-34)21-24-8-2-1-3-9-24)35-33(41)42-23-30-28-12-6-4-10-26(28)27-11-5-7-13-29(27)30/h1-13,25,30H,14-23H2,(H,35,41)(H,39,40). The second-order valence-electron chi connectivity index (χ2n) is 11.8. The molecular formula is C34H37N3O5. The fourth-order valence-corrected chi connectivity index (χ4v) is 6.77. The zero-order valence-corrected chi connectivity index (χ0v) is 23.7. The van der Waals surface area contributed by atoms with Crippen molar-refractivity contribution in [1.82, 2.24) is 15.1 Å². The van der Waals surface area contributed by atoms with Crippen molar-refractivity contribution in [2.24, 2.45) is 5.92 Å².